The third-order valence-electron chi connectivity index (χ3n) is 2.54. The van der Waals surface area contributed by atoms with E-state index in [1.165, 1.54) is 7.11 Å². The summed E-state index contributed by atoms with van der Waals surface area (Å²) in [6.07, 6.45) is -1.05. The fraction of sp³-hybridized carbons (Fsp3) is 0.417. The predicted octanol–water partition coefficient (Wildman–Crippen LogP) is 1.05. The highest BCUT2D eigenvalue weighted by molar-refractivity contribution is 5.70. The molecule has 0 bridgehead atoms. The highest BCUT2D eigenvalue weighted by Gasteiger charge is 2.22. The molecule has 0 aliphatic carbocycles. The second kappa shape index (κ2) is 5.05. The van der Waals surface area contributed by atoms with Crippen molar-refractivity contribution in [2.24, 2.45) is 0 Å². The molecule has 1 atom stereocenters. The maximum atomic E-state index is 11.1. The van der Waals surface area contributed by atoms with Crippen molar-refractivity contribution >= 4 is 5.97 Å². The van der Waals surface area contributed by atoms with Crippen LogP contribution in [0, 0.1) is 0 Å². The first-order valence-electron chi connectivity index (χ1n) is 5.35. The first kappa shape index (κ1) is 11.7. The van der Waals surface area contributed by atoms with Crippen molar-refractivity contribution in [3.8, 4) is 11.5 Å². The highest BCUT2D eigenvalue weighted by atomic mass is 16.6. The van der Waals surface area contributed by atoms with Gasteiger partial charge in [-0.2, -0.15) is 0 Å². The molecular weight excluding hydrogens is 224 g/mol. The van der Waals surface area contributed by atoms with Crippen molar-refractivity contribution in [2.75, 3.05) is 20.3 Å². The number of esters is 1. The van der Waals surface area contributed by atoms with Crippen molar-refractivity contribution in [1.29, 1.82) is 0 Å². The molecule has 1 aromatic rings. The van der Waals surface area contributed by atoms with Gasteiger partial charge in [0.1, 0.15) is 13.2 Å². The molecule has 0 amide bonds. The lowest BCUT2D eigenvalue weighted by Crippen LogP contribution is -2.18. The minimum atomic E-state index is -0.945. The van der Waals surface area contributed by atoms with Crippen LogP contribution in [0.2, 0.25) is 0 Å². The topological polar surface area (TPSA) is 65.0 Å². The molecule has 1 aromatic carbocycles. The second-order valence-corrected chi connectivity index (χ2v) is 3.67. The number of carbonyl (C=O) groups is 1. The van der Waals surface area contributed by atoms with Crippen LogP contribution in [0.25, 0.3) is 0 Å². The van der Waals surface area contributed by atoms with E-state index >= 15 is 0 Å². The number of hydrogen-bond acceptors (Lipinski definition) is 5. The van der Waals surface area contributed by atoms with Crippen LogP contribution >= 0.6 is 0 Å². The Morgan fingerprint density at radius 3 is 3.00 bits per heavy atom. The van der Waals surface area contributed by atoms with E-state index in [0.717, 1.165) is 0 Å². The maximum absolute atomic E-state index is 11.1. The molecule has 0 unspecified atom stereocenters. The zero-order valence-corrected chi connectivity index (χ0v) is 9.51. The van der Waals surface area contributed by atoms with Gasteiger partial charge in [-0.15, -0.1) is 0 Å². The monoisotopic (exact) mass is 238 g/mol. The standard InChI is InChI=1S/C12H14O5/c1-15-11(14)7-9(13)8-3-2-4-10-12(8)17-6-5-16-10/h2-4,9,13H,5-7H2,1H3/t9-/m1/s1. The number of methoxy groups -OCH3 is 1. The van der Waals surface area contributed by atoms with Crippen LogP contribution in [0.4, 0.5) is 0 Å². The van der Waals surface area contributed by atoms with Crippen LogP contribution in [0.15, 0.2) is 18.2 Å². The van der Waals surface area contributed by atoms with E-state index in [0.29, 0.717) is 30.3 Å². The van der Waals surface area contributed by atoms with Gasteiger partial charge in [0.05, 0.1) is 19.6 Å². The largest absolute Gasteiger partial charge is 0.486 e. The lowest BCUT2D eigenvalue weighted by atomic mass is 10.0. The molecule has 1 N–H and O–H groups in total. The van der Waals surface area contributed by atoms with Gasteiger partial charge in [-0.25, -0.2) is 0 Å². The Bertz CT molecular complexity index is 415. The predicted molar refractivity (Wildman–Crippen MR) is 59.0 cm³/mol. The Labute approximate surface area is 98.9 Å². The van der Waals surface area contributed by atoms with Gasteiger partial charge in [-0.3, -0.25) is 4.79 Å². The molecule has 17 heavy (non-hydrogen) atoms. The third kappa shape index (κ3) is 2.50. The van der Waals surface area contributed by atoms with Gasteiger partial charge in [0.2, 0.25) is 0 Å². The molecule has 0 radical (unpaired) electrons. The van der Waals surface area contributed by atoms with Crippen molar-refractivity contribution in [3.05, 3.63) is 23.8 Å². The molecule has 0 fully saturated rings. The van der Waals surface area contributed by atoms with Crippen molar-refractivity contribution in [3.63, 3.8) is 0 Å². The van der Waals surface area contributed by atoms with Crippen LogP contribution in [-0.4, -0.2) is 31.4 Å². The number of carbonyl (C=O) groups excluding carboxylic acids is 1. The molecule has 2 rings (SSSR count). The number of aliphatic hydroxyl groups excluding tert-OH is 1. The number of aliphatic hydroxyl groups is 1. The molecule has 5 nitrogen and oxygen atoms in total. The average Bonchev–Trinajstić information content (AvgIpc) is 2.37. The number of benzene rings is 1. The van der Waals surface area contributed by atoms with E-state index in [-0.39, 0.29) is 6.42 Å². The van der Waals surface area contributed by atoms with Gasteiger partial charge in [-0.05, 0) is 6.07 Å². The molecule has 0 saturated carbocycles. The Balaban J connectivity index is 2.22. The summed E-state index contributed by atoms with van der Waals surface area (Å²) in [5.41, 5.74) is 0.549. The van der Waals surface area contributed by atoms with Crippen LogP contribution in [0.5, 0.6) is 11.5 Å². The third-order valence-corrected chi connectivity index (χ3v) is 2.54. The summed E-state index contributed by atoms with van der Waals surface area (Å²) >= 11 is 0. The summed E-state index contributed by atoms with van der Waals surface area (Å²) in [7, 11) is 1.29. The molecule has 5 heteroatoms. The Kier molecular flexibility index (Phi) is 3.49. The molecule has 92 valence electrons. The molecule has 0 saturated heterocycles. The zero-order valence-electron chi connectivity index (χ0n) is 9.51. The zero-order chi connectivity index (χ0) is 12.3. The van der Waals surface area contributed by atoms with Crippen molar-refractivity contribution < 1.29 is 24.1 Å². The molecule has 0 spiro atoms. The highest BCUT2D eigenvalue weighted by Crippen LogP contribution is 2.37. The average molecular weight is 238 g/mol. The van der Waals surface area contributed by atoms with Gasteiger partial charge in [0.15, 0.2) is 11.5 Å². The fourth-order valence-corrected chi connectivity index (χ4v) is 1.71. The second-order valence-electron chi connectivity index (χ2n) is 3.67. The van der Waals surface area contributed by atoms with Gasteiger partial charge in [-0.1, -0.05) is 12.1 Å². The van der Waals surface area contributed by atoms with Crippen LogP contribution in [0.1, 0.15) is 18.1 Å². The smallest absolute Gasteiger partial charge is 0.308 e. The minimum Gasteiger partial charge on any atom is -0.486 e. The van der Waals surface area contributed by atoms with Crippen LogP contribution in [-0.2, 0) is 9.53 Å². The lowest BCUT2D eigenvalue weighted by molar-refractivity contribution is -0.142. The number of fused-ring (bicyclic) bond motifs is 1. The van der Waals surface area contributed by atoms with E-state index in [2.05, 4.69) is 4.74 Å². The normalized spacial score (nSPS) is 15.2. The van der Waals surface area contributed by atoms with Gasteiger partial charge in [0.25, 0.3) is 0 Å². The van der Waals surface area contributed by atoms with Crippen LogP contribution in [0.3, 0.4) is 0 Å². The van der Waals surface area contributed by atoms with Crippen molar-refractivity contribution in [1.82, 2.24) is 0 Å². The summed E-state index contributed by atoms with van der Waals surface area (Å²) in [5.74, 6) is 0.639. The fourth-order valence-electron chi connectivity index (χ4n) is 1.71. The Morgan fingerprint density at radius 2 is 2.24 bits per heavy atom. The maximum Gasteiger partial charge on any atom is 0.308 e. The number of para-hydroxylation sites is 1. The quantitative estimate of drug-likeness (QED) is 0.797. The van der Waals surface area contributed by atoms with Gasteiger partial charge >= 0.3 is 5.97 Å². The first-order chi connectivity index (χ1) is 8.22. The summed E-state index contributed by atoms with van der Waals surface area (Å²) in [6.45, 7) is 0.929. The minimum absolute atomic E-state index is 0.101. The summed E-state index contributed by atoms with van der Waals surface area (Å²) in [4.78, 5) is 11.1. The molecule has 1 aliphatic rings. The number of rotatable bonds is 3. The van der Waals surface area contributed by atoms with E-state index in [4.69, 9.17) is 9.47 Å². The Morgan fingerprint density at radius 1 is 1.47 bits per heavy atom. The SMILES string of the molecule is COC(=O)C[C@@H](O)c1cccc2c1OCCO2. The van der Waals surface area contributed by atoms with E-state index in [9.17, 15) is 9.90 Å². The summed E-state index contributed by atoms with van der Waals surface area (Å²) in [5, 5.41) is 9.94. The van der Waals surface area contributed by atoms with Gasteiger partial charge < -0.3 is 19.3 Å². The number of hydrogen-bond donors (Lipinski definition) is 1. The van der Waals surface area contributed by atoms with E-state index < -0.39 is 12.1 Å². The summed E-state index contributed by atoms with van der Waals surface area (Å²) in [6, 6.07) is 5.23. The molecule has 1 aliphatic heterocycles. The molecule has 1 heterocycles. The summed E-state index contributed by atoms with van der Waals surface area (Å²) < 4.78 is 15.4. The lowest BCUT2D eigenvalue weighted by Gasteiger charge is -2.22. The van der Waals surface area contributed by atoms with E-state index in [1.54, 1.807) is 18.2 Å². The van der Waals surface area contributed by atoms with Crippen molar-refractivity contribution in [2.45, 2.75) is 12.5 Å². The Hall–Kier alpha value is -1.75. The first-order valence-corrected chi connectivity index (χ1v) is 5.35. The molecular formula is C12H14O5. The van der Waals surface area contributed by atoms with Gasteiger partial charge in [0, 0.05) is 5.56 Å². The molecule has 0 aromatic heterocycles. The van der Waals surface area contributed by atoms with E-state index in [1.807, 2.05) is 0 Å². The number of ether oxygens (including phenoxy) is 3. The van der Waals surface area contributed by atoms with Crippen LogP contribution < -0.4 is 9.47 Å².